The van der Waals surface area contributed by atoms with Crippen LogP contribution >= 0.6 is 0 Å². The van der Waals surface area contributed by atoms with Gasteiger partial charge >= 0.3 is 0 Å². The van der Waals surface area contributed by atoms with E-state index in [1.807, 2.05) is 20.8 Å². The Kier molecular flexibility index (Phi) is 7.34. The Morgan fingerprint density at radius 2 is 1.75 bits per heavy atom. The van der Waals surface area contributed by atoms with Crippen LogP contribution in [0.1, 0.15) is 34.6 Å². The number of rotatable bonds is 7. The van der Waals surface area contributed by atoms with E-state index in [1.165, 1.54) is 0 Å². The summed E-state index contributed by atoms with van der Waals surface area (Å²) >= 11 is 0. The van der Waals surface area contributed by atoms with Gasteiger partial charge in [-0.05, 0) is 39.2 Å². The Hall–Kier alpha value is -0.610. The highest BCUT2D eigenvalue weighted by Crippen LogP contribution is 2.07. The second kappa shape index (κ2) is 7.63. The molecule has 1 amide bonds. The molecule has 0 aromatic heterocycles. The molecule has 0 aliphatic heterocycles. The topological polar surface area (TPSA) is 67.2 Å². The summed E-state index contributed by atoms with van der Waals surface area (Å²) in [7, 11) is 0. The van der Waals surface area contributed by atoms with Gasteiger partial charge in [0.05, 0.1) is 6.04 Å². The largest absolute Gasteiger partial charge is 0.353 e. The van der Waals surface area contributed by atoms with Crippen LogP contribution in [0, 0.1) is 11.8 Å². The summed E-state index contributed by atoms with van der Waals surface area (Å²) in [6, 6.07) is 0.0300. The van der Waals surface area contributed by atoms with Crippen molar-refractivity contribution < 1.29 is 4.79 Å². The molecular formula is C12H27N3O. The highest BCUT2D eigenvalue weighted by atomic mass is 16.2. The van der Waals surface area contributed by atoms with Crippen molar-refractivity contribution >= 4 is 5.91 Å². The van der Waals surface area contributed by atoms with Gasteiger partial charge in [0.25, 0.3) is 0 Å². The zero-order valence-electron chi connectivity index (χ0n) is 11.2. The molecule has 0 aliphatic rings. The molecule has 0 aliphatic carbocycles. The quantitative estimate of drug-likeness (QED) is 0.602. The monoisotopic (exact) mass is 229 g/mol. The summed E-state index contributed by atoms with van der Waals surface area (Å²) in [5, 5.41) is 6.11. The molecule has 0 rings (SSSR count). The fraction of sp³-hybridized carbons (Fsp3) is 0.917. The van der Waals surface area contributed by atoms with Gasteiger partial charge in [0.1, 0.15) is 0 Å². The molecule has 0 aromatic carbocycles. The van der Waals surface area contributed by atoms with Gasteiger partial charge in [-0.3, -0.25) is 4.79 Å². The average molecular weight is 229 g/mol. The predicted molar refractivity (Wildman–Crippen MR) is 68.1 cm³/mol. The number of hydrogen-bond donors (Lipinski definition) is 3. The van der Waals surface area contributed by atoms with Crippen LogP contribution in [0.2, 0.25) is 0 Å². The fourth-order valence-corrected chi connectivity index (χ4v) is 1.42. The van der Waals surface area contributed by atoms with E-state index in [4.69, 9.17) is 5.73 Å². The number of nitrogens with one attached hydrogen (secondary N) is 2. The molecular weight excluding hydrogens is 202 g/mol. The third-order valence-electron chi connectivity index (χ3n) is 2.76. The van der Waals surface area contributed by atoms with Crippen molar-refractivity contribution in [2.24, 2.45) is 17.6 Å². The first-order valence-corrected chi connectivity index (χ1v) is 6.12. The first-order chi connectivity index (χ1) is 7.38. The van der Waals surface area contributed by atoms with Crippen molar-refractivity contribution in [1.82, 2.24) is 10.6 Å². The summed E-state index contributed by atoms with van der Waals surface area (Å²) in [6.45, 7) is 11.6. The molecule has 0 radical (unpaired) electrons. The maximum Gasteiger partial charge on any atom is 0.237 e. The summed E-state index contributed by atoms with van der Waals surface area (Å²) in [5.41, 5.74) is 5.68. The predicted octanol–water partition coefficient (Wildman–Crippen LogP) is 0.720. The fourth-order valence-electron chi connectivity index (χ4n) is 1.42. The van der Waals surface area contributed by atoms with Crippen LogP contribution in [0.25, 0.3) is 0 Å². The number of nitrogens with two attached hydrogens (primary N) is 1. The minimum absolute atomic E-state index is 0.0505. The van der Waals surface area contributed by atoms with Crippen LogP contribution in [0.15, 0.2) is 0 Å². The molecule has 0 saturated carbocycles. The molecule has 4 N–H and O–H groups in total. The van der Waals surface area contributed by atoms with E-state index in [0.717, 1.165) is 6.54 Å². The number of carbonyl (C=O) groups excluding carboxylic acids is 1. The Morgan fingerprint density at radius 3 is 2.12 bits per heavy atom. The van der Waals surface area contributed by atoms with Gasteiger partial charge in [0.2, 0.25) is 5.91 Å². The Labute approximate surface area is 99.4 Å². The van der Waals surface area contributed by atoms with Crippen molar-refractivity contribution in [2.45, 2.75) is 46.7 Å². The molecule has 96 valence electrons. The highest BCUT2D eigenvalue weighted by Gasteiger charge is 2.16. The molecule has 0 bridgehead atoms. The standard InChI is InChI=1S/C12H27N3O/c1-8(2)11(6-13)7-14-10(5)12(16)15-9(3)4/h8-11,14H,6-7,13H2,1-5H3,(H,15,16). The number of hydrogen-bond acceptors (Lipinski definition) is 3. The van der Waals surface area contributed by atoms with Crippen molar-refractivity contribution in [1.29, 1.82) is 0 Å². The van der Waals surface area contributed by atoms with Gasteiger partial charge in [0.15, 0.2) is 0 Å². The summed E-state index contributed by atoms with van der Waals surface area (Å²) < 4.78 is 0. The molecule has 0 heterocycles. The zero-order valence-corrected chi connectivity index (χ0v) is 11.2. The van der Waals surface area contributed by atoms with E-state index >= 15 is 0 Å². The second-order valence-corrected chi connectivity index (χ2v) is 5.03. The van der Waals surface area contributed by atoms with Crippen molar-refractivity contribution in [2.75, 3.05) is 13.1 Å². The molecule has 2 atom stereocenters. The molecule has 0 spiro atoms. The van der Waals surface area contributed by atoms with Crippen LogP contribution < -0.4 is 16.4 Å². The SMILES string of the molecule is CC(C)NC(=O)C(C)NCC(CN)C(C)C. The van der Waals surface area contributed by atoms with Crippen LogP contribution in [-0.2, 0) is 4.79 Å². The third-order valence-corrected chi connectivity index (χ3v) is 2.76. The van der Waals surface area contributed by atoms with E-state index in [2.05, 4.69) is 24.5 Å². The van der Waals surface area contributed by atoms with Gasteiger partial charge < -0.3 is 16.4 Å². The molecule has 2 unspecified atom stereocenters. The summed E-state index contributed by atoms with van der Waals surface area (Å²) in [6.07, 6.45) is 0. The normalized spacial score (nSPS) is 15.2. The van der Waals surface area contributed by atoms with E-state index in [9.17, 15) is 4.79 Å². The van der Waals surface area contributed by atoms with E-state index in [0.29, 0.717) is 18.4 Å². The molecule has 0 saturated heterocycles. The highest BCUT2D eigenvalue weighted by molar-refractivity contribution is 5.81. The first kappa shape index (κ1) is 15.4. The number of carbonyl (C=O) groups is 1. The lowest BCUT2D eigenvalue weighted by Gasteiger charge is -2.22. The third kappa shape index (κ3) is 6.08. The molecule has 4 nitrogen and oxygen atoms in total. The Bertz CT molecular complexity index is 204. The summed E-state index contributed by atoms with van der Waals surface area (Å²) in [5.74, 6) is 1.02. The minimum Gasteiger partial charge on any atom is -0.353 e. The maximum absolute atomic E-state index is 11.6. The van der Waals surface area contributed by atoms with Gasteiger partial charge in [-0.15, -0.1) is 0 Å². The van der Waals surface area contributed by atoms with Crippen molar-refractivity contribution in [3.8, 4) is 0 Å². The lowest BCUT2D eigenvalue weighted by molar-refractivity contribution is -0.123. The van der Waals surface area contributed by atoms with Crippen LogP contribution in [0.3, 0.4) is 0 Å². The zero-order chi connectivity index (χ0) is 12.7. The van der Waals surface area contributed by atoms with Crippen molar-refractivity contribution in [3.05, 3.63) is 0 Å². The van der Waals surface area contributed by atoms with E-state index in [1.54, 1.807) is 0 Å². The van der Waals surface area contributed by atoms with E-state index < -0.39 is 0 Å². The van der Waals surface area contributed by atoms with Crippen LogP contribution in [0.4, 0.5) is 0 Å². The Balaban J connectivity index is 3.95. The molecule has 16 heavy (non-hydrogen) atoms. The van der Waals surface area contributed by atoms with Crippen LogP contribution in [-0.4, -0.2) is 31.1 Å². The van der Waals surface area contributed by atoms with Gasteiger partial charge in [-0.25, -0.2) is 0 Å². The summed E-state index contributed by atoms with van der Waals surface area (Å²) in [4.78, 5) is 11.6. The van der Waals surface area contributed by atoms with Crippen molar-refractivity contribution in [3.63, 3.8) is 0 Å². The lowest BCUT2D eigenvalue weighted by atomic mass is 9.96. The number of amides is 1. The lowest BCUT2D eigenvalue weighted by Crippen LogP contribution is -2.47. The first-order valence-electron chi connectivity index (χ1n) is 6.12. The minimum atomic E-state index is -0.157. The Morgan fingerprint density at radius 1 is 1.19 bits per heavy atom. The van der Waals surface area contributed by atoms with Crippen LogP contribution in [0.5, 0.6) is 0 Å². The van der Waals surface area contributed by atoms with Gasteiger partial charge in [-0.1, -0.05) is 13.8 Å². The van der Waals surface area contributed by atoms with E-state index in [-0.39, 0.29) is 18.0 Å². The molecule has 0 aromatic rings. The average Bonchev–Trinajstić information content (AvgIpc) is 2.16. The second-order valence-electron chi connectivity index (χ2n) is 5.03. The maximum atomic E-state index is 11.6. The molecule has 4 heteroatoms. The van der Waals surface area contributed by atoms with Gasteiger partial charge in [-0.2, -0.15) is 0 Å². The van der Waals surface area contributed by atoms with Gasteiger partial charge in [0, 0.05) is 12.6 Å². The molecule has 0 fully saturated rings. The smallest absolute Gasteiger partial charge is 0.237 e.